The van der Waals surface area contributed by atoms with Gasteiger partial charge in [0.05, 0.1) is 14.2 Å². The average molecular weight is 228 g/mol. The van der Waals surface area contributed by atoms with Gasteiger partial charge in [0.15, 0.2) is 5.60 Å². The number of hydrogen-bond acceptors (Lipinski definition) is 4. The van der Waals surface area contributed by atoms with E-state index in [2.05, 4.69) is 0 Å². The first-order valence-electron chi connectivity index (χ1n) is 4.80. The number of carbonyl (C=O) groups is 1. The molecule has 1 atom stereocenters. The van der Waals surface area contributed by atoms with Crippen molar-refractivity contribution < 1.29 is 24.1 Å². The lowest BCUT2D eigenvalue weighted by molar-refractivity contribution is -0.157. The molecule has 0 spiro atoms. The normalized spacial score (nSPS) is 25.1. The summed E-state index contributed by atoms with van der Waals surface area (Å²) < 4.78 is 15.4. The number of hydrogen-bond donors (Lipinski definition) is 1. The van der Waals surface area contributed by atoms with E-state index in [-0.39, 0.29) is 6.42 Å². The van der Waals surface area contributed by atoms with E-state index in [9.17, 15) is 9.90 Å². The minimum atomic E-state index is -1.41. The monoisotopic (exact) mass is 228 g/mol. The fourth-order valence-corrected chi connectivity index (χ4v) is 1.67. The van der Waals surface area contributed by atoms with Crippen molar-refractivity contribution in [1.82, 2.24) is 0 Å². The van der Waals surface area contributed by atoms with Crippen molar-refractivity contribution in [3.05, 3.63) is 23.2 Å². The lowest BCUT2D eigenvalue weighted by Crippen LogP contribution is -2.41. The van der Waals surface area contributed by atoms with Crippen molar-refractivity contribution >= 4 is 5.97 Å². The second kappa shape index (κ2) is 4.57. The molecule has 0 radical (unpaired) electrons. The number of allylic oxidation sites excluding steroid dienone is 1. The van der Waals surface area contributed by atoms with Crippen molar-refractivity contribution in [2.45, 2.75) is 18.9 Å². The zero-order valence-corrected chi connectivity index (χ0v) is 9.86. The zero-order chi connectivity index (χ0) is 12.3. The number of ether oxygens (including phenoxy) is 3. The molecule has 0 aromatic heterocycles. The summed E-state index contributed by atoms with van der Waals surface area (Å²) in [5.74, 6) is -0.0393. The minimum Gasteiger partial charge on any atom is -0.501 e. The Morgan fingerprint density at radius 2 is 2.00 bits per heavy atom. The number of methoxy groups -OCH3 is 3. The highest BCUT2D eigenvalue weighted by Gasteiger charge is 2.42. The van der Waals surface area contributed by atoms with Crippen LogP contribution in [0.2, 0.25) is 0 Å². The fourth-order valence-electron chi connectivity index (χ4n) is 1.67. The van der Waals surface area contributed by atoms with Crippen LogP contribution in [0.5, 0.6) is 0 Å². The van der Waals surface area contributed by atoms with Gasteiger partial charge in [-0.2, -0.15) is 0 Å². The van der Waals surface area contributed by atoms with Crippen LogP contribution in [-0.4, -0.2) is 38.0 Å². The van der Waals surface area contributed by atoms with E-state index in [4.69, 9.17) is 14.2 Å². The summed E-state index contributed by atoms with van der Waals surface area (Å²) in [6.07, 6.45) is 1.63. The highest BCUT2D eigenvalue weighted by molar-refractivity contribution is 5.81. The quantitative estimate of drug-likeness (QED) is 0.785. The Bertz CT molecular complexity index is 355. The molecule has 16 heavy (non-hydrogen) atoms. The van der Waals surface area contributed by atoms with Crippen molar-refractivity contribution in [2.24, 2.45) is 0 Å². The van der Waals surface area contributed by atoms with Crippen molar-refractivity contribution in [3.8, 4) is 0 Å². The lowest BCUT2D eigenvalue weighted by Gasteiger charge is -2.30. The van der Waals surface area contributed by atoms with E-state index < -0.39 is 11.6 Å². The minimum absolute atomic E-state index is 0.161. The highest BCUT2D eigenvalue weighted by atomic mass is 16.5. The summed E-state index contributed by atoms with van der Waals surface area (Å²) in [6.45, 7) is 1.82. The van der Waals surface area contributed by atoms with Gasteiger partial charge in [0.25, 0.3) is 0 Å². The van der Waals surface area contributed by atoms with Crippen LogP contribution in [0.25, 0.3) is 0 Å². The Labute approximate surface area is 94.3 Å². The van der Waals surface area contributed by atoms with Crippen LogP contribution in [-0.2, 0) is 19.0 Å². The molecule has 1 rings (SSSR count). The first kappa shape index (κ1) is 12.6. The smallest absolute Gasteiger partial charge is 0.340 e. The molecule has 0 fully saturated rings. The topological polar surface area (TPSA) is 65.0 Å². The third-order valence-electron chi connectivity index (χ3n) is 2.77. The van der Waals surface area contributed by atoms with Gasteiger partial charge in [-0.3, -0.25) is 0 Å². The van der Waals surface area contributed by atoms with Crippen LogP contribution in [0.4, 0.5) is 0 Å². The molecule has 0 amide bonds. The molecule has 1 unspecified atom stereocenters. The maximum absolute atomic E-state index is 11.2. The van der Waals surface area contributed by atoms with E-state index in [1.165, 1.54) is 27.4 Å². The molecule has 0 heterocycles. The predicted octanol–water partition coefficient (Wildman–Crippen LogP) is 1.31. The van der Waals surface area contributed by atoms with Gasteiger partial charge >= 0.3 is 5.97 Å². The van der Waals surface area contributed by atoms with Gasteiger partial charge < -0.3 is 19.3 Å². The van der Waals surface area contributed by atoms with Crippen LogP contribution >= 0.6 is 0 Å². The van der Waals surface area contributed by atoms with Crippen LogP contribution in [0.1, 0.15) is 13.3 Å². The SMILES string of the molecule is COC1=CC(OC)(C(=O)O)CC(OC)=C1C. The molecule has 0 aliphatic heterocycles. The van der Waals surface area contributed by atoms with Crippen molar-refractivity contribution in [2.75, 3.05) is 21.3 Å². The highest BCUT2D eigenvalue weighted by Crippen LogP contribution is 2.34. The Hall–Kier alpha value is -1.49. The number of carboxylic acid groups (broad SMARTS) is 1. The van der Waals surface area contributed by atoms with E-state index >= 15 is 0 Å². The molecule has 1 aliphatic carbocycles. The zero-order valence-electron chi connectivity index (χ0n) is 9.86. The van der Waals surface area contributed by atoms with Gasteiger partial charge in [-0.25, -0.2) is 4.79 Å². The molecule has 0 saturated heterocycles. The van der Waals surface area contributed by atoms with Crippen LogP contribution in [0.15, 0.2) is 23.2 Å². The largest absolute Gasteiger partial charge is 0.501 e. The third kappa shape index (κ3) is 1.90. The molecule has 0 saturated carbocycles. The average Bonchev–Trinajstić information content (AvgIpc) is 2.29. The van der Waals surface area contributed by atoms with E-state index in [1.807, 2.05) is 6.92 Å². The van der Waals surface area contributed by atoms with E-state index in [1.54, 1.807) is 0 Å². The number of rotatable bonds is 4. The summed E-state index contributed by atoms with van der Waals surface area (Å²) in [6, 6.07) is 0. The molecular formula is C11H16O5. The maximum atomic E-state index is 11.2. The van der Waals surface area contributed by atoms with Gasteiger partial charge in [-0.05, 0) is 6.92 Å². The van der Waals surface area contributed by atoms with Crippen LogP contribution in [0, 0.1) is 0 Å². The fraction of sp³-hybridized carbons (Fsp3) is 0.545. The molecule has 0 bridgehead atoms. The molecular weight excluding hydrogens is 212 g/mol. The first-order chi connectivity index (χ1) is 7.50. The van der Waals surface area contributed by atoms with Gasteiger partial charge in [-0.15, -0.1) is 0 Å². The molecule has 0 aromatic carbocycles. The van der Waals surface area contributed by atoms with E-state index in [0.717, 1.165) is 5.57 Å². The van der Waals surface area contributed by atoms with Crippen molar-refractivity contribution in [3.63, 3.8) is 0 Å². The Morgan fingerprint density at radius 1 is 1.38 bits per heavy atom. The van der Waals surface area contributed by atoms with Crippen LogP contribution < -0.4 is 0 Å². The van der Waals surface area contributed by atoms with Gasteiger partial charge in [0.2, 0.25) is 0 Å². The maximum Gasteiger partial charge on any atom is 0.340 e. The summed E-state index contributed by atoms with van der Waals surface area (Å²) in [4.78, 5) is 11.2. The Morgan fingerprint density at radius 3 is 2.38 bits per heavy atom. The Balaban J connectivity index is 3.23. The molecule has 90 valence electrons. The first-order valence-corrected chi connectivity index (χ1v) is 4.80. The summed E-state index contributed by atoms with van der Waals surface area (Å²) in [5.41, 5.74) is -0.616. The van der Waals surface area contributed by atoms with Crippen molar-refractivity contribution in [1.29, 1.82) is 0 Å². The summed E-state index contributed by atoms with van der Waals surface area (Å²) in [7, 11) is 4.34. The molecule has 1 aliphatic rings. The number of carboxylic acids is 1. The van der Waals surface area contributed by atoms with E-state index in [0.29, 0.717) is 11.5 Å². The molecule has 5 nitrogen and oxygen atoms in total. The molecule has 5 heteroatoms. The second-order valence-corrected chi connectivity index (χ2v) is 3.54. The predicted molar refractivity (Wildman–Crippen MR) is 56.8 cm³/mol. The summed E-state index contributed by atoms with van der Waals surface area (Å²) >= 11 is 0. The van der Waals surface area contributed by atoms with Crippen LogP contribution in [0.3, 0.4) is 0 Å². The third-order valence-corrected chi connectivity index (χ3v) is 2.77. The van der Waals surface area contributed by atoms with Gasteiger partial charge in [-0.1, -0.05) is 0 Å². The molecule has 0 aromatic rings. The second-order valence-electron chi connectivity index (χ2n) is 3.54. The summed E-state index contributed by atoms with van der Waals surface area (Å²) in [5, 5.41) is 9.20. The number of aliphatic carboxylic acids is 1. The molecule has 1 N–H and O–H groups in total. The van der Waals surface area contributed by atoms with Gasteiger partial charge in [0.1, 0.15) is 11.5 Å². The Kier molecular flexibility index (Phi) is 3.59. The van der Waals surface area contributed by atoms with Gasteiger partial charge in [0, 0.05) is 25.2 Å². The lowest BCUT2D eigenvalue weighted by atomic mass is 9.89. The standard InChI is InChI=1S/C11H16O5/c1-7-8(14-2)5-11(16-4,10(12)13)6-9(7)15-3/h5H,6H2,1-4H3,(H,12,13).